The van der Waals surface area contributed by atoms with Gasteiger partial charge in [-0.2, -0.15) is 0 Å². The van der Waals surface area contributed by atoms with Crippen LogP contribution in [0.15, 0.2) is 6.07 Å². The van der Waals surface area contributed by atoms with Gasteiger partial charge in [0.15, 0.2) is 0 Å². The lowest BCUT2D eigenvalue weighted by Gasteiger charge is -1.83. The van der Waals surface area contributed by atoms with Crippen molar-refractivity contribution in [3.63, 3.8) is 0 Å². The van der Waals surface area contributed by atoms with E-state index < -0.39 is 0 Å². The van der Waals surface area contributed by atoms with Crippen molar-refractivity contribution in [2.45, 2.75) is 5.88 Å². The fraction of sp³-hybridized carbons (Fsp3) is 0.200. The Morgan fingerprint density at radius 1 is 1.67 bits per heavy atom. The summed E-state index contributed by atoms with van der Waals surface area (Å²) in [6, 6.07) is 1.92. The quantitative estimate of drug-likeness (QED) is 0.546. The van der Waals surface area contributed by atoms with Crippen molar-refractivity contribution in [3.8, 4) is 0 Å². The molecule has 0 fully saturated rings. The molecule has 1 aromatic heterocycles. The zero-order valence-electron chi connectivity index (χ0n) is 4.33. The highest BCUT2D eigenvalue weighted by Gasteiger charge is 2.02. The summed E-state index contributed by atoms with van der Waals surface area (Å²) in [5, 5.41) is 0.791. The van der Waals surface area contributed by atoms with Crippen LogP contribution in [0.2, 0.25) is 5.02 Å². The molecule has 50 valence electrons. The molecule has 1 heterocycles. The van der Waals surface area contributed by atoms with Crippen LogP contribution < -0.4 is 0 Å². The normalized spacial score (nSPS) is 10.1. The molecule has 0 aromatic carbocycles. The first-order valence-corrected chi connectivity index (χ1v) is 5.04. The van der Waals surface area contributed by atoms with E-state index in [1.165, 1.54) is 2.88 Å². The topological polar surface area (TPSA) is 0 Å². The Hall–Kier alpha value is 1.01. The zero-order valence-corrected chi connectivity index (χ0v) is 8.81. The average molecular weight is 293 g/mol. The van der Waals surface area contributed by atoms with E-state index in [4.69, 9.17) is 23.2 Å². The molecular formula is C5H3Cl2IS. The predicted molar refractivity (Wildman–Crippen MR) is 51.6 cm³/mol. The second-order valence-corrected chi connectivity index (χ2v) is 5.16. The SMILES string of the molecule is ClCc1sc(I)cc1Cl. The van der Waals surface area contributed by atoms with Crippen LogP contribution in [0.1, 0.15) is 4.88 Å². The molecule has 0 aliphatic rings. The largest absolute Gasteiger partial charge is 0.131 e. The number of alkyl halides is 1. The van der Waals surface area contributed by atoms with Crippen LogP contribution in [-0.2, 0) is 5.88 Å². The molecule has 9 heavy (non-hydrogen) atoms. The predicted octanol–water partition coefficient (Wildman–Crippen LogP) is 3.74. The molecule has 0 nitrogen and oxygen atoms in total. The van der Waals surface area contributed by atoms with Gasteiger partial charge in [0.05, 0.1) is 13.8 Å². The minimum atomic E-state index is 0.520. The fourth-order valence-corrected chi connectivity index (χ4v) is 3.12. The van der Waals surface area contributed by atoms with Crippen LogP contribution in [-0.4, -0.2) is 0 Å². The van der Waals surface area contributed by atoms with Crippen molar-refractivity contribution in [2.24, 2.45) is 0 Å². The molecule has 0 N–H and O–H groups in total. The van der Waals surface area contributed by atoms with Crippen molar-refractivity contribution in [1.29, 1.82) is 0 Å². The summed E-state index contributed by atoms with van der Waals surface area (Å²) in [6.07, 6.45) is 0. The first-order chi connectivity index (χ1) is 4.24. The smallest absolute Gasteiger partial charge is 0.0672 e. The van der Waals surface area contributed by atoms with Gasteiger partial charge in [-0.3, -0.25) is 0 Å². The maximum absolute atomic E-state index is 5.77. The second-order valence-electron chi connectivity index (χ2n) is 1.46. The summed E-state index contributed by atoms with van der Waals surface area (Å²) in [5.41, 5.74) is 0. The van der Waals surface area contributed by atoms with Gasteiger partial charge in [-0.25, -0.2) is 0 Å². The van der Waals surface area contributed by atoms with E-state index in [0.717, 1.165) is 9.90 Å². The molecule has 0 atom stereocenters. The van der Waals surface area contributed by atoms with Crippen molar-refractivity contribution in [2.75, 3.05) is 0 Å². The molecule has 1 aromatic rings. The summed E-state index contributed by atoms with van der Waals surface area (Å²) < 4.78 is 1.19. The van der Waals surface area contributed by atoms with Crippen LogP contribution in [0.4, 0.5) is 0 Å². The van der Waals surface area contributed by atoms with Crippen LogP contribution in [0, 0.1) is 2.88 Å². The molecule has 0 radical (unpaired) electrons. The van der Waals surface area contributed by atoms with Gasteiger partial charge < -0.3 is 0 Å². The maximum atomic E-state index is 5.77. The molecule has 0 aliphatic carbocycles. The monoisotopic (exact) mass is 292 g/mol. The van der Waals surface area contributed by atoms with Crippen LogP contribution in [0.25, 0.3) is 0 Å². The van der Waals surface area contributed by atoms with E-state index in [2.05, 4.69) is 22.6 Å². The van der Waals surface area contributed by atoms with E-state index in [1.807, 2.05) is 6.07 Å². The zero-order chi connectivity index (χ0) is 6.85. The molecule has 4 heteroatoms. The highest BCUT2D eigenvalue weighted by atomic mass is 127. The lowest BCUT2D eigenvalue weighted by Crippen LogP contribution is -1.64. The van der Waals surface area contributed by atoms with E-state index >= 15 is 0 Å². The third-order valence-electron chi connectivity index (χ3n) is 0.849. The third-order valence-corrected chi connectivity index (χ3v) is 3.62. The van der Waals surface area contributed by atoms with Crippen molar-refractivity contribution in [3.05, 3.63) is 18.9 Å². The minimum Gasteiger partial charge on any atom is -0.131 e. The van der Waals surface area contributed by atoms with Gasteiger partial charge >= 0.3 is 0 Å². The number of thiophene rings is 1. The van der Waals surface area contributed by atoms with E-state index in [9.17, 15) is 0 Å². The Morgan fingerprint density at radius 3 is 2.56 bits per heavy atom. The average Bonchev–Trinajstić information content (AvgIpc) is 2.10. The maximum Gasteiger partial charge on any atom is 0.0672 e. The van der Waals surface area contributed by atoms with Gasteiger partial charge in [0.25, 0.3) is 0 Å². The molecule has 0 aliphatic heterocycles. The Balaban J connectivity index is 3.01. The van der Waals surface area contributed by atoms with Gasteiger partial charge in [-0.1, -0.05) is 11.6 Å². The summed E-state index contributed by atoms with van der Waals surface area (Å²) in [5.74, 6) is 0.520. The van der Waals surface area contributed by atoms with E-state index in [0.29, 0.717) is 5.88 Å². The third kappa shape index (κ3) is 1.97. The van der Waals surface area contributed by atoms with Gasteiger partial charge in [0.2, 0.25) is 0 Å². The van der Waals surface area contributed by atoms with Gasteiger partial charge in [-0.15, -0.1) is 22.9 Å². The highest BCUT2D eigenvalue weighted by Crippen LogP contribution is 2.28. The summed E-state index contributed by atoms with van der Waals surface area (Å²) in [4.78, 5) is 1.06. The molecule has 0 saturated carbocycles. The van der Waals surface area contributed by atoms with Gasteiger partial charge in [-0.05, 0) is 28.7 Å². The van der Waals surface area contributed by atoms with Gasteiger partial charge in [0, 0.05) is 4.88 Å². The number of hydrogen-bond acceptors (Lipinski definition) is 1. The van der Waals surface area contributed by atoms with Gasteiger partial charge in [0.1, 0.15) is 0 Å². The highest BCUT2D eigenvalue weighted by molar-refractivity contribution is 14.1. The molecule has 0 spiro atoms. The standard InChI is InChI=1S/C5H3Cl2IS/c6-2-4-3(7)1-5(8)9-4/h1H,2H2. The molecule has 1 rings (SSSR count). The summed E-state index contributed by atoms with van der Waals surface area (Å²) in [7, 11) is 0. The number of hydrogen-bond donors (Lipinski definition) is 0. The van der Waals surface area contributed by atoms with Crippen molar-refractivity contribution in [1.82, 2.24) is 0 Å². The minimum absolute atomic E-state index is 0.520. The number of halogens is 3. The van der Waals surface area contributed by atoms with Crippen LogP contribution in [0.5, 0.6) is 0 Å². The first-order valence-electron chi connectivity index (χ1n) is 2.23. The molecule has 0 saturated heterocycles. The lowest BCUT2D eigenvalue weighted by atomic mass is 10.5. The molecular weight excluding hydrogens is 290 g/mol. The van der Waals surface area contributed by atoms with Crippen LogP contribution in [0.3, 0.4) is 0 Å². The van der Waals surface area contributed by atoms with E-state index in [1.54, 1.807) is 11.3 Å². The first kappa shape index (κ1) is 8.11. The Morgan fingerprint density at radius 2 is 2.33 bits per heavy atom. The molecule has 0 amide bonds. The lowest BCUT2D eigenvalue weighted by molar-refractivity contribution is 1.53. The number of rotatable bonds is 1. The molecule has 0 bridgehead atoms. The second kappa shape index (κ2) is 3.42. The van der Waals surface area contributed by atoms with Crippen LogP contribution >= 0.6 is 57.1 Å². The van der Waals surface area contributed by atoms with Crippen molar-refractivity contribution < 1.29 is 0 Å². The Bertz CT molecular complexity index is 209. The summed E-state index contributed by atoms with van der Waals surface area (Å²) >= 11 is 15.2. The summed E-state index contributed by atoms with van der Waals surface area (Å²) in [6.45, 7) is 0. The molecule has 0 unspecified atom stereocenters. The fourth-order valence-electron chi connectivity index (χ4n) is 0.467. The Kier molecular flexibility index (Phi) is 3.08. The Labute approximate surface area is 81.3 Å². The van der Waals surface area contributed by atoms with E-state index in [-0.39, 0.29) is 0 Å². The van der Waals surface area contributed by atoms with Crippen molar-refractivity contribution >= 4 is 57.1 Å².